The first kappa shape index (κ1) is 14.9. The molecule has 2 fully saturated rings. The maximum atomic E-state index is 12.0. The predicted molar refractivity (Wildman–Crippen MR) is 84.7 cm³/mol. The van der Waals surface area contributed by atoms with Gasteiger partial charge < -0.3 is 10.6 Å². The molecule has 1 aliphatic carbocycles. The minimum Gasteiger partial charge on any atom is -0.335 e. The van der Waals surface area contributed by atoms with Crippen LogP contribution in [0.4, 0.5) is 10.5 Å². The highest BCUT2D eigenvalue weighted by molar-refractivity contribution is 6.42. The van der Waals surface area contributed by atoms with Gasteiger partial charge in [0.05, 0.1) is 10.0 Å². The molecule has 1 aromatic carbocycles. The number of urea groups is 1. The van der Waals surface area contributed by atoms with Gasteiger partial charge in [-0.05, 0) is 43.4 Å². The first-order valence-corrected chi connectivity index (χ1v) is 7.88. The number of hydrogen-bond donors (Lipinski definition) is 4. The van der Waals surface area contributed by atoms with Gasteiger partial charge in [0.25, 0.3) is 0 Å². The van der Waals surface area contributed by atoms with Gasteiger partial charge in [-0.15, -0.1) is 0 Å². The summed E-state index contributed by atoms with van der Waals surface area (Å²) in [6.07, 6.45) is 3.09. The summed E-state index contributed by atoms with van der Waals surface area (Å²) >= 11 is 11.8. The minimum absolute atomic E-state index is 0.196. The lowest BCUT2D eigenvalue weighted by Gasteiger charge is -2.31. The van der Waals surface area contributed by atoms with Crippen LogP contribution in [0.1, 0.15) is 19.3 Å². The number of hydrazine groups is 1. The van der Waals surface area contributed by atoms with Crippen LogP contribution in [0.2, 0.25) is 10.0 Å². The SMILES string of the molecule is O=C(Nc1ccc(Cl)c(Cl)c1)NC1CCC2CNNC2C1. The molecule has 0 aromatic heterocycles. The van der Waals surface area contributed by atoms with E-state index in [1.807, 2.05) is 0 Å². The van der Waals surface area contributed by atoms with Crippen molar-refractivity contribution in [1.82, 2.24) is 16.2 Å². The van der Waals surface area contributed by atoms with Gasteiger partial charge in [0.1, 0.15) is 0 Å². The average molecular weight is 329 g/mol. The van der Waals surface area contributed by atoms with E-state index < -0.39 is 0 Å². The Balaban J connectivity index is 1.53. The van der Waals surface area contributed by atoms with Gasteiger partial charge in [-0.3, -0.25) is 10.9 Å². The predicted octanol–water partition coefficient (Wildman–Crippen LogP) is 2.76. The van der Waals surface area contributed by atoms with Crippen molar-refractivity contribution in [2.45, 2.75) is 31.3 Å². The summed E-state index contributed by atoms with van der Waals surface area (Å²) in [5, 5.41) is 6.71. The Morgan fingerprint density at radius 3 is 2.90 bits per heavy atom. The molecule has 114 valence electrons. The molecule has 4 N–H and O–H groups in total. The van der Waals surface area contributed by atoms with Crippen molar-refractivity contribution in [2.75, 3.05) is 11.9 Å². The Morgan fingerprint density at radius 1 is 1.24 bits per heavy atom. The zero-order chi connectivity index (χ0) is 14.8. The van der Waals surface area contributed by atoms with E-state index in [4.69, 9.17) is 23.2 Å². The molecule has 3 atom stereocenters. The topological polar surface area (TPSA) is 65.2 Å². The van der Waals surface area contributed by atoms with E-state index in [0.717, 1.165) is 25.8 Å². The lowest BCUT2D eigenvalue weighted by atomic mass is 9.83. The number of nitrogens with one attached hydrogen (secondary N) is 4. The van der Waals surface area contributed by atoms with Crippen LogP contribution in [-0.4, -0.2) is 24.7 Å². The smallest absolute Gasteiger partial charge is 0.319 e. The van der Waals surface area contributed by atoms with E-state index in [1.165, 1.54) is 0 Å². The van der Waals surface area contributed by atoms with Gasteiger partial charge in [-0.25, -0.2) is 4.79 Å². The number of hydrogen-bond acceptors (Lipinski definition) is 3. The molecule has 1 aliphatic heterocycles. The summed E-state index contributed by atoms with van der Waals surface area (Å²) in [5.74, 6) is 0.682. The summed E-state index contributed by atoms with van der Waals surface area (Å²) in [6, 6.07) is 5.48. The number of amides is 2. The summed E-state index contributed by atoms with van der Waals surface area (Å²) < 4.78 is 0. The van der Waals surface area contributed by atoms with Crippen LogP contribution in [0.25, 0.3) is 0 Å². The molecule has 2 aliphatic rings. The van der Waals surface area contributed by atoms with Crippen molar-refractivity contribution >= 4 is 34.9 Å². The van der Waals surface area contributed by atoms with Gasteiger partial charge in [0.2, 0.25) is 0 Å². The van der Waals surface area contributed by atoms with Gasteiger partial charge in [0.15, 0.2) is 0 Å². The fourth-order valence-corrected chi connectivity index (χ4v) is 3.33. The van der Waals surface area contributed by atoms with E-state index >= 15 is 0 Å². The van der Waals surface area contributed by atoms with Crippen LogP contribution in [0.3, 0.4) is 0 Å². The second kappa shape index (κ2) is 6.40. The number of halogens is 2. The molecule has 2 amide bonds. The van der Waals surface area contributed by atoms with Gasteiger partial charge in [0, 0.05) is 24.3 Å². The largest absolute Gasteiger partial charge is 0.335 e. The van der Waals surface area contributed by atoms with E-state index in [9.17, 15) is 4.79 Å². The Morgan fingerprint density at radius 2 is 2.10 bits per heavy atom. The molecule has 5 nitrogen and oxygen atoms in total. The maximum absolute atomic E-state index is 12.0. The standard InChI is InChI=1S/C14H18Cl2N4O/c15-11-4-3-9(5-12(11)16)18-14(21)19-10-2-1-8-7-17-20-13(8)6-10/h3-5,8,10,13,17,20H,1-2,6-7H2,(H2,18,19,21). The number of anilines is 1. The normalized spacial score (nSPS) is 28.0. The quantitative estimate of drug-likeness (QED) is 0.675. The number of carbonyl (C=O) groups excluding carboxylic acids is 1. The zero-order valence-corrected chi connectivity index (χ0v) is 13.0. The molecule has 1 heterocycles. The average Bonchev–Trinajstić information content (AvgIpc) is 2.90. The van der Waals surface area contributed by atoms with E-state index in [0.29, 0.717) is 27.7 Å². The Labute approximate surface area is 133 Å². The van der Waals surface area contributed by atoms with Crippen LogP contribution in [0.15, 0.2) is 18.2 Å². The molecular formula is C14H18Cl2N4O. The fraction of sp³-hybridized carbons (Fsp3) is 0.500. The molecule has 3 unspecified atom stereocenters. The third kappa shape index (κ3) is 3.61. The molecular weight excluding hydrogens is 311 g/mol. The van der Waals surface area contributed by atoms with Crippen molar-refractivity contribution in [1.29, 1.82) is 0 Å². The first-order valence-electron chi connectivity index (χ1n) is 7.13. The summed E-state index contributed by atoms with van der Waals surface area (Å²) in [5.41, 5.74) is 7.09. The van der Waals surface area contributed by atoms with Crippen molar-refractivity contribution < 1.29 is 4.79 Å². The van der Waals surface area contributed by atoms with Crippen molar-refractivity contribution in [3.05, 3.63) is 28.2 Å². The first-order chi connectivity index (χ1) is 10.1. The summed E-state index contributed by atoms with van der Waals surface area (Å²) in [7, 11) is 0. The highest BCUT2D eigenvalue weighted by Gasteiger charge is 2.34. The molecule has 0 bridgehead atoms. The highest BCUT2D eigenvalue weighted by atomic mass is 35.5. The van der Waals surface area contributed by atoms with Crippen LogP contribution >= 0.6 is 23.2 Å². The fourth-order valence-electron chi connectivity index (χ4n) is 3.03. The van der Waals surface area contributed by atoms with E-state index in [1.54, 1.807) is 18.2 Å². The van der Waals surface area contributed by atoms with E-state index in [-0.39, 0.29) is 12.1 Å². The van der Waals surface area contributed by atoms with Crippen LogP contribution < -0.4 is 21.5 Å². The summed E-state index contributed by atoms with van der Waals surface area (Å²) in [4.78, 5) is 12.0. The van der Waals surface area contributed by atoms with E-state index in [2.05, 4.69) is 21.5 Å². The minimum atomic E-state index is -0.206. The van der Waals surface area contributed by atoms with Crippen molar-refractivity contribution in [3.8, 4) is 0 Å². The lowest BCUT2D eigenvalue weighted by molar-refractivity contribution is 0.234. The van der Waals surface area contributed by atoms with Crippen LogP contribution in [0.5, 0.6) is 0 Å². The molecule has 7 heteroatoms. The Hall–Kier alpha value is -1.01. The maximum Gasteiger partial charge on any atom is 0.319 e. The second-order valence-electron chi connectivity index (χ2n) is 5.63. The Bertz CT molecular complexity index is 540. The van der Waals surface area contributed by atoms with Crippen LogP contribution in [-0.2, 0) is 0 Å². The number of benzene rings is 1. The monoisotopic (exact) mass is 328 g/mol. The Kier molecular flexibility index (Phi) is 4.54. The summed E-state index contributed by atoms with van der Waals surface area (Å²) in [6.45, 7) is 1.02. The molecule has 1 aromatic rings. The highest BCUT2D eigenvalue weighted by Crippen LogP contribution is 2.27. The molecule has 21 heavy (non-hydrogen) atoms. The van der Waals surface area contributed by atoms with Crippen molar-refractivity contribution in [3.63, 3.8) is 0 Å². The molecule has 3 rings (SSSR count). The molecule has 0 radical (unpaired) electrons. The van der Waals surface area contributed by atoms with Crippen molar-refractivity contribution in [2.24, 2.45) is 5.92 Å². The number of rotatable bonds is 2. The zero-order valence-electron chi connectivity index (χ0n) is 11.5. The molecule has 0 spiro atoms. The second-order valence-corrected chi connectivity index (χ2v) is 6.44. The molecule has 1 saturated heterocycles. The number of carbonyl (C=O) groups is 1. The van der Waals surface area contributed by atoms with Gasteiger partial charge in [-0.1, -0.05) is 23.2 Å². The molecule has 1 saturated carbocycles. The van der Waals surface area contributed by atoms with Gasteiger partial charge >= 0.3 is 6.03 Å². The van der Waals surface area contributed by atoms with Crippen LogP contribution in [0, 0.1) is 5.92 Å². The third-order valence-electron chi connectivity index (χ3n) is 4.16. The van der Waals surface area contributed by atoms with Gasteiger partial charge in [-0.2, -0.15) is 0 Å². The lowest BCUT2D eigenvalue weighted by Crippen LogP contribution is -2.46. The third-order valence-corrected chi connectivity index (χ3v) is 4.90. The number of fused-ring (bicyclic) bond motifs is 1.